The monoisotopic (exact) mass is 289 g/mol. The van der Waals surface area contributed by atoms with Gasteiger partial charge in [0, 0.05) is 6.04 Å². The van der Waals surface area contributed by atoms with Crippen molar-refractivity contribution in [3.05, 3.63) is 35.4 Å². The molecule has 0 aliphatic heterocycles. The first-order valence-corrected chi connectivity index (χ1v) is 9.01. The van der Waals surface area contributed by atoms with Gasteiger partial charge in [0.2, 0.25) is 0 Å². The zero-order chi connectivity index (χ0) is 15.3. The van der Waals surface area contributed by atoms with Crippen LogP contribution in [0.3, 0.4) is 0 Å². The Kier molecular flexibility index (Phi) is 10.2. The van der Waals surface area contributed by atoms with Gasteiger partial charge >= 0.3 is 0 Å². The van der Waals surface area contributed by atoms with Crippen LogP contribution in [0.5, 0.6) is 0 Å². The van der Waals surface area contributed by atoms with Crippen LogP contribution in [-0.2, 0) is 0 Å². The Morgan fingerprint density at radius 3 is 2.10 bits per heavy atom. The molecule has 0 saturated heterocycles. The molecule has 1 N–H and O–H groups in total. The number of aryl methyl sites for hydroxylation is 1. The molecule has 0 spiro atoms. The van der Waals surface area contributed by atoms with Gasteiger partial charge in [-0.2, -0.15) is 0 Å². The van der Waals surface area contributed by atoms with Crippen LogP contribution in [0.25, 0.3) is 0 Å². The Bertz CT molecular complexity index is 359. The minimum atomic E-state index is 0.523. The summed E-state index contributed by atoms with van der Waals surface area (Å²) >= 11 is 0. The minimum absolute atomic E-state index is 0.523. The highest BCUT2D eigenvalue weighted by Gasteiger charge is 2.08. The van der Waals surface area contributed by atoms with Crippen molar-refractivity contribution in [1.29, 1.82) is 0 Å². The molecule has 0 fully saturated rings. The molecule has 120 valence electrons. The molecule has 1 atom stereocenters. The van der Waals surface area contributed by atoms with E-state index in [2.05, 4.69) is 50.5 Å². The molecule has 1 aromatic carbocycles. The topological polar surface area (TPSA) is 12.0 Å². The number of hydrogen-bond acceptors (Lipinski definition) is 1. The highest BCUT2D eigenvalue weighted by Crippen LogP contribution is 2.21. The zero-order valence-corrected chi connectivity index (χ0v) is 14.5. The second kappa shape index (κ2) is 11.8. The van der Waals surface area contributed by atoms with Crippen LogP contribution in [0, 0.1) is 6.92 Å². The molecule has 0 saturated carbocycles. The fourth-order valence-electron chi connectivity index (χ4n) is 3.02. The lowest BCUT2D eigenvalue weighted by molar-refractivity contribution is 0.493. The summed E-state index contributed by atoms with van der Waals surface area (Å²) in [7, 11) is 2.08. The van der Waals surface area contributed by atoms with Crippen molar-refractivity contribution in [2.45, 2.75) is 84.1 Å². The van der Waals surface area contributed by atoms with Crippen LogP contribution in [0.4, 0.5) is 0 Å². The number of hydrogen-bond donors (Lipinski definition) is 1. The van der Waals surface area contributed by atoms with Gasteiger partial charge in [0.25, 0.3) is 0 Å². The Hall–Kier alpha value is -0.820. The van der Waals surface area contributed by atoms with Gasteiger partial charge in [-0.05, 0) is 26.0 Å². The first-order chi connectivity index (χ1) is 10.3. The highest BCUT2D eigenvalue weighted by molar-refractivity contribution is 5.24. The van der Waals surface area contributed by atoms with Crippen molar-refractivity contribution >= 4 is 0 Å². The van der Waals surface area contributed by atoms with Gasteiger partial charge in [-0.3, -0.25) is 0 Å². The predicted octanol–water partition coefficient (Wildman–Crippen LogP) is 6.18. The minimum Gasteiger partial charge on any atom is -0.313 e. The van der Waals surface area contributed by atoms with Crippen LogP contribution in [-0.4, -0.2) is 7.05 Å². The summed E-state index contributed by atoms with van der Waals surface area (Å²) in [6.07, 6.45) is 13.9. The second-order valence-electron chi connectivity index (χ2n) is 6.37. The third kappa shape index (κ3) is 8.26. The maximum absolute atomic E-state index is 3.47. The summed E-state index contributed by atoms with van der Waals surface area (Å²) in [6.45, 7) is 4.46. The van der Waals surface area contributed by atoms with Gasteiger partial charge in [0.1, 0.15) is 0 Å². The van der Waals surface area contributed by atoms with Gasteiger partial charge in [0.05, 0.1) is 0 Å². The van der Waals surface area contributed by atoms with E-state index in [0.717, 1.165) is 0 Å². The van der Waals surface area contributed by atoms with Gasteiger partial charge in [0.15, 0.2) is 0 Å². The first-order valence-electron chi connectivity index (χ1n) is 9.01. The molecule has 1 rings (SSSR count). The van der Waals surface area contributed by atoms with Crippen LogP contribution >= 0.6 is 0 Å². The predicted molar refractivity (Wildman–Crippen MR) is 94.8 cm³/mol. The molecule has 0 aromatic heterocycles. The molecular formula is C20H35N. The van der Waals surface area contributed by atoms with Gasteiger partial charge in [-0.25, -0.2) is 0 Å². The normalized spacial score (nSPS) is 12.5. The molecule has 1 heteroatoms. The van der Waals surface area contributed by atoms with Crippen molar-refractivity contribution in [3.8, 4) is 0 Å². The smallest absolute Gasteiger partial charge is 0.0317 e. The van der Waals surface area contributed by atoms with Crippen LogP contribution in [0.15, 0.2) is 24.3 Å². The van der Waals surface area contributed by atoms with E-state index < -0.39 is 0 Å². The third-order valence-corrected chi connectivity index (χ3v) is 4.39. The molecule has 0 aliphatic rings. The van der Waals surface area contributed by atoms with E-state index in [-0.39, 0.29) is 0 Å². The van der Waals surface area contributed by atoms with Gasteiger partial charge < -0.3 is 5.32 Å². The maximum atomic E-state index is 3.47. The van der Waals surface area contributed by atoms with E-state index in [1.54, 1.807) is 0 Å². The quantitative estimate of drug-likeness (QED) is 0.453. The number of unbranched alkanes of at least 4 members (excludes halogenated alkanes) is 8. The number of nitrogens with one attached hydrogen (secondary N) is 1. The fraction of sp³-hybridized carbons (Fsp3) is 0.700. The van der Waals surface area contributed by atoms with Crippen molar-refractivity contribution < 1.29 is 0 Å². The average molecular weight is 290 g/mol. The highest BCUT2D eigenvalue weighted by atomic mass is 14.9. The first kappa shape index (κ1) is 18.2. The Morgan fingerprint density at radius 2 is 1.52 bits per heavy atom. The lowest BCUT2D eigenvalue weighted by Gasteiger charge is -2.17. The number of benzene rings is 1. The van der Waals surface area contributed by atoms with Crippen LogP contribution in [0.1, 0.15) is 88.3 Å². The van der Waals surface area contributed by atoms with Crippen molar-refractivity contribution in [2.75, 3.05) is 7.05 Å². The molecule has 0 radical (unpaired) electrons. The largest absolute Gasteiger partial charge is 0.313 e. The lowest BCUT2D eigenvalue weighted by Crippen LogP contribution is -2.16. The summed E-state index contributed by atoms with van der Waals surface area (Å²) in [6, 6.07) is 9.44. The van der Waals surface area contributed by atoms with E-state index in [0.29, 0.717) is 6.04 Å². The van der Waals surface area contributed by atoms with Gasteiger partial charge in [-0.15, -0.1) is 0 Å². The molecule has 1 aromatic rings. The van der Waals surface area contributed by atoms with E-state index in [1.807, 2.05) is 0 Å². The molecule has 0 amide bonds. The van der Waals surface area contributed by atoms with Crippen molar-refractivity contribution in [3.63, 3.8) is 0 Å². The lowest BCUT2D eigenvalue weighted by atomic mass is 9.98. The molecule has 0 heterocycles. The average Bonchev–Trinajstić information content (AvgIpc) is 2.49. The summed E-state index contributed by atoms with van der Waals surface area (Å²) in [5.41, 5.74) is 2.80. The summed E-state index contributed by atoms with van der Waals surface area (Å²) in [5, 5.41) is 3.47. The van der Waals surface area contributed by atoms with E-state index in [4.69, 9.17) is 0 Å². The third-order valence-electron chi connectivity index (χ3n) is 4.39. The van der Waals surface area contributed by atoms with Gasteiger partial charge in [-0.1, -0.05) is 94.5 Å². The molecule has 0 bridgehead atoms. The molecule has 1 nitrogen and oxygen atoms in total. The van der Waals surface area contributed by atoms with E-state index >= 15 is 0 Å². The van der Waals surface area contributed by atoms with Crippen molar-refractivity contribution in [2.24, 2.45) is 0 Å². The molecule has 1 unspecified atom stereocenters. The SMILES string of the molecule is CCCCCCCCCCCC(NC)c1cccc(C)c1. The molecule has 0 aliphatic carbocycles. The van der Waals surface area contributed by atoms with E-state index in [9.17, 15) is 0 Å². The Balaban J connectivity index is 2.10. The van der Waals surface area contributed by atoms with E-state index in [1.165, 1.54) is 75.3 Å². The Labute approximate surface area is 132 Å². The van der Waals surface area contributed by atoms with Crippen LogP contribution < -0.4 is 5.32 Å². The zero-order valence-electron chi connectivity index (χ0n) is 14.5. The Morgan fingerprint density at radius 1 is 0.905 bits per heavy atom. The molecular weight excluding hydrogens is 254 g/mol. The fourth-order valence-corrected chi connectivity index (χ4v) is 3.02. The molecule has 21 heavy (non-hydrogen) atoms. The summed E-state index contributed by atoms with van der Waals surface area (Å²) < 4.78 is 0. The summed E-state index contributed by atoms with van der Waals surface area (Å²) in [4.78, 5) is 0. The maximum Gasteiger partial charge on any atom is 0.0317 e. The second-order valence-corrected chi connectivity index (χ2v) is 6.37. The standard InChI is InChI=1S/C20H35N/c1-4-5-6-7-8-9-10-11-12-16-20(21-3)19-15-13-14-18(2)17-19/h13-15,17,20-21H,4-12,16H2,1-3H3. The number of rotatable bonds is 12. The summed E-state index contributed by atoms with van der Waals surface area (Å²) in [5.74, 6) is 0. The van der Waals surface area contributed by atoms with Crippen LogP contribution in [0.2, 0.25) is 0 Å². The van der Waals surface area contributed by atoms with Crippen molar-refractivity contribution in [1.82, 2.24) is 5.32 Å².